The van der Waals surface area contributed by atoms with Crippen molar-refractivity contribution in [2.45, 2.75) is 0 Å². The Morgan fingerprint density at radius 1 is 0.963 bits per heavy atom. The number of para-hydroxylation sites is 1. The van der Waals surface area contributed by atoms with Crippen LogP contribution in [0.2, 0.25) is 0 Å². The van der Waals surface area contributed by atoms with Gasteiger partial charge in [-0.25, -0.2) is 0 Å². The van der Waals surface area contributed by atoms with Gasteiger partial charge in [-0.3, -0.25) is 0 Å². The Hall–Kier alpha value is -2.49. The lowest BCUT2D eigenvalue weighted by atomic mass is 10.1. The number of hydrogen-bond acceptors (Lipinski definition) is 5. The maximum atomic E-state index is 9.58. The molecule has 1 N–H and O–H groups in total. The highest BCUT2D eigenvalue weighted by Crippen LogP contribution is 2.64. The van der Waals surface area contributed by atoms with Crippen molar-refractivity contribution >= 4 is 35.6 Å². The van der Waals surface area contributed by atoms with Crippen LogP contribution in [0.25, 0.3) is 0 Å². The van der Waals surface area contributed by atoms with Gasteiger partial charge >= 0.3 is 0 Å². The number of rotatable bonds is 4. The molecule has 4 nitrogen and oxygen atoms in total. The maximum absolute atomic E-state index is 9.58. The number of nitrogens with zero attached hydrogens (tertiary/aromatic N) is 2. The monoisotopic (exact) mass is 394 g/mol. The van der Waals surface area contributed by atoms with Crippen molar-refractivity contribution in [3.05, 3.63) is 84.4 Å². The summed E-state index contributed by atoms with van der Waals surface area (Å²) in [6.07, 6.45) is 0.689. The zero-order valence-corrected chi connectivity index (χ0v) is 16.5. The zero-order valence-electron chi connectivity index (χ0n) is 14.8. The number of hydrazone groups is 1. The van der Waals surface area contributed by atoms with Crippen molar-refractivity contribution in [3.63, 3.8) is 0 Å². The van der Waals surface area contributed by atoms with Crippen molar-refractivity contribution in [2.75, 3.05) is 18.1 Å². The van der Waals surface area contributed by atoms with E-state index in [0.717, 1.165) is 28.0 Å². The van der Waals surface area contributed by atoms with Crippen molar-refractivity contribution in [1.82, 2.24) is 0 Å². The third kappa shape index (κ3) is 3.41. The molecule has 0 aliphatic carbocycles. The molecule has 136 valence electrons. The molecule has 1 aliphatic rings. The van der Waals surface area contributed by atoms with E-state index < -0.39 is 6.62 Å². The Morgan fingerprint density at radius 3 is 2.26 bits per heavy atom. The second-order valence-electron chi connectivity index (χ2n) is 6.28. The van der Waals surface area contributed by atoms with Crippen LogP contribution in [-0.2, 0) is 12.2 Å². The molecule has 1 unspecified atom stereocenters. The molecule has 0 saturated heterocycles. The smallest absolute Gasteiger partial charge is 0.119 e. The molecule has 6 heteroatoms. The SMILES string of the molecule is COc1ccc([P+]2([S-])CC(c3ccc(O)cc3)=NN2c2ccccc2)cc1. The van der Waals surface area contributed by atoms with Crippen LogP contribution in [0, 0.1) is 0 Å². The molecule has 0 fully saturated rings. The Bertz CT molecular complexity index is 962. The molecule has 0 saturated carbocycles. The van der Waals surface area contributed by atoms with Crippen molar-refractivity contribution in [1.29, 1.82) is 0 Å². The van der Waals surface area contributed by atoms with Crippen LogP contribution >= 0.6 is 6.62 Å². The van der Waals surface area contributed by atoms with Gasteiger partial charge in [0.1, 0.15) is 23.4 Å². The van der Waals surface area contributed by atoms with E-state index in [2.05, 4.69) is 0 Å². The summed E-state index contributed by atoms with van der Waals surface area (Å²) in [6.45, 7) is -2.17. The molecule has 3 aromatic carbocycles. The summed E-state index contributed by atoms with van der Waals surface area (Å²) < 4.78 is 7.31. The Labute approximate surface area is 164 Å². The van der Waals surface area contributed by atoms with E-state index in [9.17, 15) is 5.11 Å². The zero-order chi connectivity index (χ0) is 18.9. The largest absolute Gasteiger partial charge is 0.524 e. The minimum absolute atomic E-state index is 0.242. The first kappa shape index (κ1) is 17.9. The van der Waals surface area contributed by atoms with E-state index in [1.807, 2.05) is 71.5 Å². The van der Waals surface area contributed by atoms with E-state index >= 15 is 0 Å². The van der Waals surface area contributed by atoms with Gasteiger partial charge in [0.25, 0.3) is 0 Å². The molecule has 0 amide bonds. The number of ether oxygens (including phenoxy) is 1. The summed E-state index contributed by atoms with van der Waals surface area (Å²) in [5.41, 5.74) is 2.91. The summed E-state index contributed by atoms with van der Waals surface area (Å²) >= 11 is 6.25. The van der Waals surface area contributed by atoms with E-state index in [1.165, 1.54) is 0 Å². The topological polar surface area (TPSA) is 45.1 Å². The predicted octanol–water partition coefficient (Wildman–Crippen LogP) is 4.35. The van der Waals surface area contributed by atoms with Crippen LogP contribution in [0.3, 0.4) is 0 Å². The van der Waals surface area contributed by atoms with Gasteiger partial charge in [0.15, 0.2) is 0 Å². The van der Waals surface area contributed by atoms with Gasteiger partial charge in [0, 0.05) is 5.56 Å². The lowest BCUT2D eigenvalue weighted by Gasteiger charge is -2.35. The Balaban J connectivity index is 1.78. The molecule has 1 aliphatic heterocycles. The molecule has 0 aromatic heterocycles. The van der Waals surface area contributed by atoms with Gasteiger partial charge in [-0.05, 0) is 60.7 Å². The minimum Gasteiger partial charge on any atom is -0.524 e. The molecular weight excluding hydrogens is 375 g/mol. The Kier molecular flexibility index (Phi) is 4.81. The van der Waals surface area contributed by atoms with Crippen molar-refractivity contribution < 1.29 is 9.84 Å². The standard InChI is InChI=1S/C21H19N2O2PS/c1-25-19-11-13-20(14-12-19)26(27)15-21(16-7-9-18(24)10-8-16)22-23(26)17-5-3-2-4-6-17/h2-14,24H,15H2,1H3. The van der Waals surface area contributed by atoms with Gasteiger partial charge in [-0.15, -0.1) is 5.10 Å². The summed E-state index contributed by atoms with van der Waals surface area (Å²) in [7, 11) is 1.66. The highest BCUT2D eigenvalue weighted by Gasteiger charge is 2.42. The molecule has 0 spiro atoms. The van der Waals surface area contributed by atoms with Gasteiger partial charge < -0.3 is 22.1 Å². The van der Waals surface area contributed by atoms with E-state index in [4.69, 9.17) is 22.1 Å². The number of phenolic OH excluding ortho intramolecular Hbond substituents is 1. The normalized spacial score (nSPS) is 19.0. The van der Waals surface area contributed by atoms with Crippen LogP contribution < -0.4 is 14.8 Å². The third-order valence-electron chi connectivity index (χ3n) is 4.55. The van der Waals surface area contributed by atoms with Gasteiger partial charge in [-0.1, -0.05) is 18.2 Å². The molecular formula is C21H19N2O2PS. The molecule has 0 bridgehead atoms. The summed E-state index contributed by atoms with van der Waals surface area (Å²) in [5, 5.41) is 15.6. The number of phenols is 1. The Morgan fingerprint density at radius 2 is 1.63 bits per heavy atom. The fourth-order valence-corrected chi connectivity index (χ4v) is 6.80. The van der Waals surface area contributed by atoms with Gasteiger partial charge in [0.2, 0.25) is 0 Å². The third-order valence-corrected chi connectivity index (χ3v) is 8.80. The highest BCUT2D eigenvalue weighted by molar-refractivity contribution is 8.46. The summed E-state index contributed by atoms with van der Waals surface area (Å²) in [4.78, 5) is 0. The van der Waals surface area contributed by atoms with Crippen LogP contribution in [0.15, 0.2) is 84.0 Å². The lowest BCUT2D eigenvalue weighted by Crippen LogP contribution is -2.23. The molecule has 0 radical (unpaired) electrons. The molecule has 1 heterocycles. The van der Waals surface area contributed by atoms with Crippen LogP contribution in [0.4, 0.5) is 5.69 Å². The highest BCUT2D eigenvalue weighted by atomic mass is 32.7. The van der Waals surface area contributed by atoms with E-state index in [0.29, 0.717) is 6.16 Å². The summed E-state index contributed by atoms with van der Waals surface area (Å²) in [6, 6.07) is 25.2. The molecule has 3 aromatic rings. The number of hydrogen-bond donors (Lipinski definition) is 1. The second kappa shape index (κ2) is 7.26. The first-order valence-corrected chi connectivity index (χ1v) is 11.5. The second-order valence-corrected chi connectivity index (χ2v) is 10.7. The van der Waals surface area contributed by atoms with Gasteiger partial charge in [0.05, 0.1) is 24.7 Å². The number of anilines is 1. The first-order valence-electron chi connectivity index (χ1n) is 8.56. The average molecular weight is 394 g/mol. The molecule has 1 atom stereocenters. The number of methoxy groups -OCH3 is 1. The first-order chi connectivity index (χ1) is 13.1. The number of benzene rings is 3. The minimum atomic E-state index is -2.17. The maximum Gasteiger partial charge on any atom is 0.119 e. The van der Waals surface area contributed by atoms with Crippen LogP contribution in [0.5, 0.6) is 11.5 Å². The van der Waals surface area contributed by atoms with Crippen molar-refractivity contribution in [2.24, 2.45) is 5.10 Å². The fraction of sp³-hybridized carbons (Fsp3) is 0.0952. The summed E-state index contributed by atoms with van der Waals surface area (Å²) in [5.74, 6) is 1.05. The quantitative estimate of drug-likeness (QED) is 0.528. The number of aromatic hydroxyl groups is 1. The van der Waals surface area contributed by atoms with Crippen LogP contribution in [-0.4, -0.2) is 24.1 Å². The van der Waals surface area contributed by atoms with E-state index in [1.54, 1.807) is 19.2 Å². The average Bonchev–Trinajstić information content (AvgIpc) is 3.08. The van der Waals surface area contributed by atoms with Gasteiger partial charge in [-0.2, -0.15) is 4.78 Å². The van der Waals surface area contributed by atoms with E-state index in [-0.39, 0.29) is 5.75 Å². The fourth-order valence-electron chi connectivity index (χ4n) is 3.11. The predicted molar refractivity (Wildman–Crippen MR) is 115 cm³/mol. The molecule has 4 rings (SSSR count). The van der Waals surface area contributed by atoms with Crippen LogP contribution in [0.1, 0.15) is 5.56 Å². The lowest BCUT2D eigenvalue weighted by molar-refractivity contribution is 0.415. The van der Waals surface area contributed by atoms with Crippen molar-refractivity contribution in [3.8, 4) is 11.5 Å². The molecule has 27 heavy (non-hydrogen) atoms.